The van der Waals surface area contributed by atoms with Crippen molar-refractivity contribution in [2.45, 2.75) is 25.1 Å². The van der Waals surface area contributed by atoms with Gasteiger partial charge in [-0.1, -0.05) is 11.8 Å². The summed E-state index contributed by atoms with van der Waals surface area (Å²) in [4.78, 5) is 8.37. The minimum Gasteiger partial charge on any atom is -0.472 e. The molecular formula is C10H18N4O2S. The zero-order valence-corrected chi connectivity index (χ0v) is 11.1. The Balaban J connectivity index is 2.68. The number of hydrogen-bond donors (Lipinski definition) is 2. The monoisotopic (exact) mass is 258 g/mol. The number of rotatable bonds is 7. The van der Waals surface area contributed by atoms with Crippen LogP contribution < -0.4 is 16.0 Å². The van der Waals surface area contributed by atoms with E-state index in [4.69, 9.17) is 15.3 Å². The van der Waals surface area contributed by atoms with Gasteiger partial charge in [-0.3, -0.25) is 0 Å². The first-order valence-electron chi connectivity index (χ1n) is 5.33. The van der Waals surface area contributed by atoms with Crippen LogP contribution in [0.1, 0.15) is 13.8 Å². The number of nitrogens with one attached hydrogen (secondary N) is 1. The Labute approximate surface area is 105 Å². The smallest absolute Gasteiger partial charge is 0.219 e. The molecule has 0 aliphatic rings. The number of nitrogens with two attached hydrogens (primary N) is 1. The van der Waals surface area contributed by atoms with Gasteiger partial charge in [-0.2, -0.15) is 4.98 Å². The van der Waals surface area contributed by atoms with Crippen LogP contribution in [0.5, 0.6) is 5.88 Å². The number of anilines is 1. The molecule has 0 aromatic carbocycles. The van der Waals surface area contributed by atoms with Gasteiger partial charge in [0, 0.05) is 12.7 Å². The summed E-state index contributed by atoms with van der Waals surface area (Å²) in [7, 11) is 0. The standard InChI is InChI=1S/C10H18N4O2S/c1-4-15-6-7(2)16-9-5-8(14-11)12-10(13-9)17-3/h5,7H,4,6,11H2,1-3H3,(H,12,13,14). The van der Waals surface area contributed by atoms with Gasteiger partial charge < -0.3 is 14.9 Å². The number of nitrogen functional groups attached to an aromatic ring is 1. The largest absolute Gasteiger partial charge is 0.472 e. The first-order valence-corrected chi connectivity index (χ1v) is 6.56. The van der Waals surface area contributed by atoms with Crippen LogP contribution in [0, 0.1) is 0 Å². The first-order chi connectivity index (χ1) is 8.19. The highest BCUT2D eigenvalue weighted by atomic mass is 32.2. The van der Waals surface area contributed by atoms with E-state index in [9.17, 15) is 0 Å². The fraction of sp³-hybridized carbons (Fsp3) is 0.600. The lowest BCUT2D eigenvalue weighted by Gasteiger charge is -2.14. The third kappa shape index (κ3) is 4.76. The van der Waals surface area contributed by atoms with Gasteiger partial charge in [-0.15, -0.1) is 0 Å². The zero-order chi connectivity index (χ0) is 12.7. The minimum absolute atomic E-state index is 0.0646. The van der Waals surface area contributed by atoms with Crippen molar-refractivity contribution in [2.75, 3.05) is 24.9 Å². The Morgan fingerprint density at radius 3 is 2.88 bits per heavy atom. The van der Waals surface area contributed by atoms with E-state index < -0.39 is 0 Å². The van der Waals surface area contributed by atoms with Gasteiger partial charge in [0.15, 0.2) is 5.16 Å². The van der Waals surface area contributed by atoms with E-state index >= 15 is 0 Å². The molecule has 1 rings (SSSR count). The lowest BCUT2D eigenvalue weighted by molar-refractivity contribution is 0.0629. The summed E-state index contributed by atoms with van der Waals surface area (Å²) < 4.78 is 10.9. The third-order valence-corrected chi connectivity index (χ3v) is 2.44. The molecule has 0 aliphatic heterocycles. The molecule has 7 heteroatoms. The topological polar surface area (TPSA) is 82.3 Å². The number of thioether (sulfide) groups is 1. The molecule has 0 radical (unpaired) electrons. The van der Waals surface area contributed by atoms with Gasteiger partial charge in [0.2, 0.25) is 5.88 Å². The van der Waals surface area contributed by atoms with Crippen molar-refractivity contribution < 1.29 is 9.47 Å². The molecule has 1 heterocycles. The van der Waals surface area contributed by atoms with Crippen molar-refractivity contribution in [2.24, 2.45) is 5.84 Å². The Hall–Kier alpha value is -1.05. The van der Waals surface area contributed by atoms with Gasteiger partial charge in [-0.25, -0.2) is 10.8 Å². The molecule has 0 saturated heterocycles. The highest BCUT2D eigenvalue weighted by Gasteiger charge is 2.08. The van der Waals surface area contributed by atoms with Crippen LogP contribution in [0.3, 0.4) is 0 Å². The fourth-order valence-electron chi connectivity index (χ4n) is 1.15. The minimum atomic E-state index is -0.0646. The second-order valence-electron chi connectivity index (χ2n) is 3.31. The van der Waals surface area contributed by atoms with Crippen LogP contribution in [0.25, 0.3) is 0 Å². The number of hydrogen-bond acceptors (Lipinski definition) is 7. The molecule has 1 unspecified atom stereocenters. The number of hydrazine groups is 1. The molecule has 0 saturated carbocycles. The summed E-state index contributed by atoms with van der Waals surface area (Å²) in [5.74, 6) is 6.34. The van der Waals surface area contributed by atoms with Gasteiger partial charge in [0.05, 0.1) is 6.61 Å². The maximum Gasteiger partial charge on any atom is 0.219 e. The van der Waals surface area contributed by atoms with E-state index in [-0.39, 0.29) is 6.10 Å². The summed E-state index contributed by atoms with van der Waals surface area (Å²) in [6, 6.07) is 1.65. The van der Waals surface area contributed by atoms with Crippen molar-refractivity contribution in [3.05, 3.63) is 6.07 Å². The molecule has 0 amide bonds. The summed E-state index contributed by atoms with van der Waals surface area (Å²) in [6.07, 6.45) is 1.83. The Kier molecular flexibility index (Phi) is 6.03. The molecule has 0 aliphatic carbocycles. The Bertz CT molecular complexity index is 329. The van der Waals surface area contributed by atoms with Crippen LogP contribution in [-0.4, -0.2) is 35.5 Å². The zero-order valence-electron chi connectivity index (χ0n) is 10.3. The van der Waals surface area contributed by atoms with E-state index in [0.717, 1.165) is 0 Å². The SMILES string of the molecule is CCOCC(C)Oc1cc(NN)nc(SC)n1. The molecule has 1 atom stereocenters. The van der Waals surface area contributed by atoms with Gasteiger partial charge in [-0.05, 0) is 20.1 Å². The predicted octanol–water partition coefficient (Wildman–Crippen LogP) is 1.29. The van der Waals surface area contributed by atoms with Gasteiger partial charge in [0.25, 0.3) is 0 Å². The summed E-state index contributed by atoms with van der Waals surface area (Å²) in [6.45, 7) is 5.06. The maximum absolute atomic E-state index is 5.62. The maximum atomic E-state index is 5.62. The van der Waals surface area contributed by atoms with Crippen molar-refractivity contribution >= 4 is 17.6 Å². The highest BCUT2D eigenvalue weighted by molar-refractivity contribution is 7.98. The molecule has 6 nitrogen and oxygen atoms in total. The summed E-state index contributed by atoms with van der Waals surface area (Å²) in [5, 5.41) is 0.610. The molecule has 3 N–H and O–H groups in total. The molecule has 1 aromatic rings. The lowest BCUT2D eigenvalue weighted by atomic mass is 10.4. The fourth-order valence-corrected chi connectivity index (χ4v) is 1.52. The third-order valence-electron chi connectivity index (χ3n) is 1.89. The van der Waals surface area contributed by atoms with Crippen LogP contribution >= 0.6 is 11.8 Å². The lowest BCUT2D eigenvalue weighted by Crippen LogP contribution is -2.20. The Morgan fingerprint density at radius 1 is 1.53 bits per heavy atom. The first kappa shape index (κ1) is 14.0. The number of nitrogens with zero attached hydrogens (tertiary/aromatic N) is 2. The van der Waals surface area contributed by atoms with E-state index in [1.165, 1.54) is 11.8 Å². The molecular weight excluding hydrogens is 240 g/mol. The van der Waals surface area contributed by atoms with Crippen LogP contribution in [0.2, 0.25) is 0 Å². The molecule has 17 heavy (non-hydrogen) atoms. The second-order valence-corrected chi connectivity index (χ2v) is 4.08. The molecule has 1 aromatic heterocycles. The van der Waals surface area contributed by atoms with Crippen LogP contribution in [0.15, 0.2) is 11.2 Å². The van der Waals surface area contributed by atoms with E-state index in [2.05, 4.69) is 15.4 Å². The Morgan fingerprint density at radius 2 is 2.29 bits per heavy atom. The summed E-state index contributed by atoms with van der Waals surface area (Å²) in [5.41, 5.74) is 2.48. The summed E-state index contributed by atoms with van der Waals surface area (Å²) >= 11 is 1.43. The van der Waals surface area contributed by atoms with Gasteiger partial charge in [0.1, 0.15) is 11.9 Å². The highest BCUT2D eigenvalue weighted by Crippen LogP contribution is 2.19. The van der Waals surface area contributed by atoms with Crippen molar-refractivity contribution in [3.63, 3.8) is 0 Å². The van der Waals surface area contributed by atoms with Crippen LogP contribution in [0.4, 0.5) is 5.82 Å². The molecule has 96 valence electrons. The average Bonchev–Trinajstić information content (AvgIpc) is 2.35. The average molecular weight is 258 g/mol. The number of ether oxygens (including phenoxy) is 2. The molecule has 0 fully saturated rings. The van der Waals surface area contributed by atoms with E-state index in [1.807, 2.05) is 20.1 Å². The van der Waals surface area contributed by atoms with Crippen molar-refractivity contribution in [1.29, 1.82) is 0 Å². The molecule has 0 bridgehead atoms. The number of aromatic nitrogens is 2. The normalized spacial score (nSPS) is 12.2. The predicted molar refractivity (Wildman–Crippen MR) is 68.2 cm³/mol. The van der Waals surface area contributed by atoms with E-state index in [0.29, 0.717) is 30.1 Å². The second kappa shape index (κ2) is 7.31. The van der Waals surface area contributed by atoms with Crippen molar-refractivity contribution in [1.82, 2.24) is 9.97 Å². The van der Waals surface area contributed by atoms with E-state index in [1.54, 1.807) is 6.07 Å². The van der Waals surface area contributed by atoms with Crippen molar-refractivity contribution in [3.8, 4) is 5.88 Å². The molecule has 0 spiro atoms. The van der Waals surface area contributed by atoms with Gasteiger partial charge >= 0.3 is 0 Å². The quantitative estimate of drug-likeness (QED) is 0.330. The van der Waals surface area contributed by atoms with Crippen LogP contribution in [-0.2, 0) is 4.74 Å².